The van der Waals surface area contributed by atoms with E-state index < -0.39 is 71.9 Å². The molecular weight excluding hydrogens is 873 g/mol. The predicted molar refractivity (Wildman–Crippen MR) is 181 cm³/mol. The molecule has 288 valence electrons. The number of ether oxygens (including phenoxy) is 4. The summed E-state index contributed by atoms with van der Waals surface area (Å²) in [6.45, 7) is 2.24. The molecule has 2 aliphatic heterocycles. The molecule has 0 spiro atoms. The van der Waals surface area contributed by atoms with Crippen LogP contribution in [0.25, 0.3) is 0 Å². The van der Waals surface area contributed by atoms with Gasteiger partial charge in [0.25, 0.3) is 5.56 Å². The first-order valence-electron chi connectivity index (χ1n) is 14.7. The van der Waals surface area contributed by atoms with E-state index >= 15 is 0 Å². The number of aliphatic carboxylic acids is 1. The fourth-order valence-corrected chi connectivity index (χ4v) is 4.65. The summed E-state index contributed by atoms with van der Waals surface area (Å²) in [5.41, 5.74) is 3.11. The van der Waals surface area contributed by atoms with Crippen molar-refractivity contribution in [1.29, 1.82) is 4.21 Å². The minimum absolute atomic E-state index is 0. The van der Waals surface area contributed by atoms with Crippen LogP contribution in [0.3, 0.4) is 0 Å². The Morgan fingerprint density at radius 1 is 0.980 bits per heavy atom. The number of carbonyl (C=O) groups is 2. The van der Waals surface area contributed by atoms with Crippen molar-refractivity contribution in [1.82, 2.24) is 24.4 Å². The Balaban J connectivity index is 0. The number of nitrogens with one attached hydrogen (secondary N) is 4. The van der Waals surface area contributed by atoms with Crippen LogP contribution in [0.1, 0.15) is 37.9 Å². The van der Waals surface area contributed by atoms with Gasteiger partial charge in [0, 0.05) is 19.6 Å². The van der Waals surface area contributed by atoms with Gasteiger partial charge in [-0.05, 0) is 18.9 Å². The number of aliphatic hydroxyl groups is 1. The number of alkyl halides is 1. The van der Waals surface area contributed by atoms with Crippen LogP contribution < -0.4 is 33.5 Å². The van der Waals surface area contributed by atoms with E-state index in [0.717, 1.165) is 0 Å². The summed E-state index contributed by atoms with van der Waals surface area (Å²) < 4.78 is 33.7. The average Bonchev–Trinajstić information content (AvgIpc) is 3.75. The first-order valence-corrected chi connectivity index (χ1v) is 18.2. The van der Waals surface area contributed by atoms with Crippen LogP contribution in [0, 0.1) is 18.1 Å². The van der Waals surface area contributed by atoms with Gasteiger partial charge in [0.2, 0.25) is 0 Å². The molecule has 0 aromatic carbocycles. The maximum absolute atomic E-state index is 12.0. The summed E-state index contributed by atoms with van der Waals surface area (Å²) in [6, 6.07) is 0. The van der Waals surface area contributed by atoms with Crippen molar-refractivity contribution in [2.45, 2.75) is 63.6 Å². The molecule has 1 amide bonds. The molecule has 0 saturated carbocycles. The molecule has 0 radical (unpaired) electrons. The number of aliphatic hydroxyl groups excluding tert-OH is 1. The number of amides is 1. The van der Waals surface area contributed by atoms with Gasteiger partial charge in [-0.3, -0.25) is 14.3 Å². The van der Waals surface area contributed by atoms with E-state index in [1.807, 2.05) is 22.2 Å². The topological polar surface area (TPSA) is 305 Å². The summed E-state index contributed by atoms with van der Waals surface area (Å²) in [6.07, 6.45) is -0.382. The van der Waals surface area contributed by atoms with Gasteiger partial charge in [-0.15, -0.1) is 0 Å². The Kier molecular flexibility index (Phi) is 25.0. The first-order chi connectivity index (χ1) is 24.4. The number of H-pyrrole nitrogens is 2. The second-order valence-corrected chi connectivity index (χ2v) is 10.3. The van der Waals surface area contributed by atoms with E-state index in [9.17, 15) is 33.9 Å². The number of halogens is 1. The van der Waals surface area contributed by atoms with E-state index in [1.54, 1.807) is 31.1 Å². The van der Waals surface area contributed by atoms with Gasteiger partial charge in [0.1, 0.15) is 18.9 Å². The molecular formula is C27H45IN8O13V2. The number of likely N-dealkylation sites (N-methyl/N-ethyl adjacent to an activating group) is 1. The molecule has 6 atom stereocenters. The molecule has 4 rings (SSSR count). The minimum atomic E-state index is -1.13. The van der Waals surface area contributed by atoms with Crippen LogP contribution in [0.2, 0.25) is 0 Å². The molecule has 2 aromatic rings. The fraction of sp³-hybridized carbons (Fsp3) is 0.630. The van der Waals surface area contributed by atoms with E-state index in [2.05, 4.69) is 47.6 Å². The summed E-state index contributed by atoms with van der Waals surface area (Å²) >= 11 is 5.63. The Bertz CT molecular complexity index is 1630. The standard InChI is InChI=1S/C13H18N4O6.C12H16N2O7.CH3I.CH5N.HN.2V.H2/c1-7-4-17(13(20)16-12(7)19)11-3-8(9(23-11)5-22-14)21-6-10(18)15-2;1-6-3-14(12(19)13-11(6)18)9-2-7(8(4-15)21-9)20-5-10(16)17;2*1-2;;;;/h4,8-9,11H,3,5-6H2,1-2H3,(H,15,18)(H,16,19,20);3,7-9,15H,2,4-5H2,1H3,(H,16,17)(H,13,18,19);1H3;2H2,1H3;1H;;;1H/i;;;;;;;1+2. The number of hydrogen-bond donors (Lipinski definition) is 7. The zero-order chi connectivity index (χ0) is 39.3. The van der Waals surface area contributed by atoms with E-state index in [0.29, 0.717) is 17.5 Å². The summed E-state index contributed by atoms with van der Waals surface area (Å²) in [5.74, 6) is -1.40. The van der Waals surface area contributed by atoms with E-state index in [-0.39, 0.29) is 33.6 Å². The van der Waals surface area contributed by atoms with Crippen LogP contribution in [0.5, 0.6) is 0 Å². The molecule has 2 aromatic heterocycles. The third-order valence-electron chi connectivity index (χ3n) is 6.88. The molecule has 24 heteroatoms. The van der Waals surface area contributed by atoms with Crippen molar-refractivity contribution in [3.63, 3.8) is 0 Å². The van der Waals surface area contributed by atoms with Crippen molar-refractivity contribution in [2.24, 2.45) is 9.69 Å². The number of nitrogens with zero attached hydrogens (tertiary/aromatic N) is 3. The number of aryl methyl sites for hydroxylation is 2. The Morgan fingerprint density at radius 2 is 1.41 bits per heavy atom. The average molecular weight is 921 g/mol. The molecule has 6 unspecified atom stereocenters. The van der Waals surface area contributed by atoms with Gasteiger partial charge < -0.3 is 25.4 Å². The van der Waals surface area contributed by atoms with Gasteiger partial charge >= 0.3 is 179 Å². The number of carbonyl (C=O) groups excluding carboxylic acids is 1. The van der Waals surface area contributed by atoms with Crippen LogP contribution in [-0.4, -0.2) is 111 Å². The zero-order valence-electron chi connectivity index (χ0n) is 28.4. The third kappa shape index (κ3) is 15.6. The number of carboxylic acids is 1. The monoisotopic (exact) mass is 920 g/mol. The normalized spacial score (nSPS) is 21.5. The zero-order valence-corrected chi connectivity index (χ0v) is 33.4. The molecule has 0 aliphatic carbocycles. The molecule has 2 aliphatic rings. The van der Waals surface area contributed by atoms with Gasteiger partial charge in [-0.1, -0.05) is 22.6 Å². The van der Waals surface area contributed by atoms with Gasteiger partial charge in [-0.2, -0.15) is 0 Å². The number of hydrogen-bond acceptors (Lipinski definition) is 15. The molecule has 2 saturated heterocycles. The third-order valence-corrected chi connectivity index (χ3v) is 7.06. The van der Waals surface area contributed by atoms with E-state index in [1.165, 1.54) is 35.6 Å². The second-order valence-electron chi connectivity index (χ2n) is 10.0. The van der Waals surface area contributed by atoms with Crippen LogP contribution in [-0.2, 0) is 67.8 Å². The Labute approximate surface area is 324 Å². The summed E-state index contributed by atoms with van der Waals surface area (Å²) in [5, 5.41) is 20.3. The van der Waals surface area contributed by atoms with Crippen molar-refractivity contribution in [2.75, 3.05) is 45.5 Å². The van der Waals surface area contributed by atoms with Crippen molar-refractivity contribution < 1.29 is 79.5 Å². The molecule has 0 bridgehead atoms. The molecule has 2 fully saturated rings. The summed E-state index contributed by atoms with van der Waals surface area (Å²) in [7, 11) is 3.01. The van der Waals surface area contributed by atoms with Crippen molar-refractivity contribution >= 4 is 34.5 Å². The number of aromatic nitrogens is 4. The van der Waals surface area contributed by atoms with Gasteiger partial charge in [-0.25, -0.2) is 9.59 Å². The predicted octanol–water partition coefficient (Wildman–Crippen LogP) is -1.31. The molecule has 51 heavy (non-hydrogen) atoms. The van der Waals surface area contributed by atoms with Crippen LogP contribution in [0.15, 0.2) is 35.5 Å². The molecule has 8 N–H and O–H groups in total. The fourth-order valence-electron chi connectivity index (χ4n) is 4.55. The number of aromatic amines is 2. The van der Waals surface area contributed by atoms with Crippen LogP contribution in [0.4, 0.5) is 0 Å². The number of nitrogens with two attached hydrogens (primary N) is 1. The molecule has 21 nitrogen and oxygen atoms in total. The molecule has 4 heterocycles. The Hall–Kier alpha value is -2.48. The van der Waals surface area contributed by atoms with Gasteiger partial charge in [0.15, 0.2) is 0 Å². The first kappa shape index (κ1) is 48.5. The summed E-state index contributed by atoms with van der Waals surface area (Å²) in [4.78, 5) is 79.8. The van der Waals surface area contributed by atoms with E-state index in [4.69, 9.17) is 33.1 Å². The van der Waals surface area contributed by atoms with Crippen molar-refractivity contribution in [3.8, 4) is 0 Å². The maximum atomic E-state index is 12.0. The van der Waals surface area contributed by atoms with Crippen LogP contribution >= 0.6 is 22.6 Å². The SMILES string of the molecule is CI.CN.CNC(=O)COC1CC(n2cc(C)c(=O)[nH]c2=O)OC1CO[N]=[V].Cc1cn(C2CC(OCC(=O)O)C(CO)O2)c(=O)[nH]c1=O.[3HH].[NH]=[V]. The number of rotatable bonds is 12. The quantitative estimate of drug-likeness (QED) is 0.0739. The van der Waals surface area contributed by atoms with Crippen molar-refractivity contribution in [3.05, 3.63) is 65.2 Å². The van der Waals surface area contributed by atoms with Gasteiger partial charge in [0.05, 0.1) is 12.7 Å². The Morgan fingerprint density at radius 3 is 1.82 bits per heavy atom. The number of carboxylic acid groups (broad SMARTS) is 1. The second kappa shape index (κ2) is 26.3.